The molecule has 0 bridgehead atoms. The van der Waals surface area contributed by atoms with Crippen molar-refractivity contribution in [2.45, 2.75) is 27.3 Å². The Balaban J connectivity index is 2.34. The zero-order chi connectivity index (χ0) is 14.2. The van der Waals surface area contributed by atoms with Gasteiger partial charge in [0.25, 0.3) is 5.56 Å². The lowest BCUT2D eigenvalue weighted by atomic mass is 10.1. The Morgan fingerprint density at radius 2 is 2.00 bits per heavy atom. The summed E-state index contributed by atoms with van der Waals surface area (Å²) in [5.41, 5.74) is 0.0636. The van der Waals surface area contributed by atoms with Gasteiger partial charge in [-0.05, 0) is 26.8 Å². The number of aromatic amines is 1. The van der Waals surface area contributed by atoms with E-state index in [0.717, 1.165) is 9.75 Å². The van der Waals surface area contributed by atoms with Gasteiger partial charge in [-0.15, -0.1) is 11.3 Å². The van der Waals surface area contributed by atoms with E-state index in [1.807, 2.05) is 19.9 Å². The molecular formula is C13H14N2O3S. The highest BCUT2D eigenvalue weighted by Crippen LogP contribution is 2.21. The maximum Gasteiger partial charge on any atom is 0.328 e. The number of hydrogen-bond donors (Lipinski definition) is 1. The van der Waals surface area contributed by atoms with Crippen molar-refractivity contribution >= 4 is 17.1 Å². The average molecular weight is 278 g/mol. The van der Waals surface area contributed by atoms with Gasteiger partial charge in [0.05, 0.1) is 6.54 Å². The predicted molar refractivity (Wildman–Crippen MR) is 74.2 cm³/mol. The number of nitrogens with one attached hydrogen (secondary N) is 1. The van der Waals surface area contributed by atoms with Crippen molar-refractivity contribution in [2.24, 2.45) is 0 Å². The minimum absolute atomic E-state index is 0.0620. The Labute approximate surface area is 113 Å². The summed E-state index contributed by atoms with van der Waals surface area (Å²) < 4.78 is 1.23. The van der Waals surface area contributed by atoms with E-state index in [0.29, 0.717) is 11.1 Å². The number of hydrogen-bond acceptors (Lipinski definition) is 4. The summed E-state index contributed by atoms with van der Waals surface area (Å²) >= 11 is 1.55. The zero-order valence-electron chi connectivity index (χ0n) is 10.9. The molecule has 0 aromatic carbocycles. The Hall–Kier alpha value is -1.95. The molecule has 19 heavy (non-hydrogen) atoms. The van der Waals surface area contributed by atoms with Crippen LogP contribution in [0.2, 0.25) is 0 Å². The fourth-order valence-electron chi connectivity index (χ4n) is 1.88. The molecule has 0 fully saturated rings. The largest absolute Gasteiger partial charge is 0.328 e. The summed E-state index contributed by atoms with van der Waals surface area (Å²) in [6.45, 7) is 5.35. The Morgan fingerprint density at radius 1 is 1.32 bits per heavy atom. The molecule has 0 spiro atoms. The minimum Gasteiger partial charge on any atom is -0.293 e. The van der Waals surface area contributed by atoms with Gasteiger partial charge < -0.3 is 0 Å². The second-order valence-electron chi connectivity index (χ2n) is 4.45. The van der Waals surface area contributed by atoms with Gasteiger partial charge in [-0.3, -0.25) is 19.1 Å². The van der Waals surface area contributed by atoms with Crippen molar-refractivity contribution in [3.63, 3.8) is 0 Å². The molecule has 0 aliphatic rings. The van der Waals surface area contributed by atoms with Gasteiger partial charge in [-0.25, -0.2) is 4.79 Å². The van der Waals surface area contributed by atoms with E-state index in [2.05, 4.69) is 4.98 Å². The first-order chi connectivity index (χ1) is 8.88. The molecule has 0 aliphatic carbocycles. The number of aromatic nitrogens is 2. The fraction of sp³-hybridized carbons (Fsp3) is 0.308. The van der Waals surface area contributed by atoms with Crippen molar-refractivity contribution in [3.8, 4) is 0 Å². The number of carbonyl (C=O) groups is 1. The van der Waals surface area contributed by atoms with Gasteiger partial charge in [0.15, 0.2) is 5.78 Å². The van der Waals surface area contributed by atoms with Gasteiger partial charge in [0.2, 0.25) is 0 Å². The predicted octanol–water partition coefficient (Wildman–Crippen LogP) is 1.41. The number of carbonyl (C=O) groups excluding carboxylic acids is 1. The van der Waals surface area contributed by atoms with Gasteiger partial charge in [-0.2, -0.15) is 0 Å². The molecule has 2 heterocycles. The third kappa shape index (κ3) is 2.73. The van der Waals surface area contributed by atoms with Crippen LogP contribution in [0.25, 0.3) is 0 Å². The van der Waals surface area contributed by atoms with Crippen molar-refractivity contribution in [1.29, 1.82) is 0 Å². The van der Waals surface area contributed by atoms with E-state index in [1.165, 1.54) is 10.8 Å². The smallest absolute Gasteiger partial charge is 0.293 e. The molecule has 2 rings (SSSR count). The van der Waals surface area contributed by atoms with Crippen molar-refractivity contribution in [2.75, 3.05) is 0 Å². The highest BCUT2D eigenvalue weighted by atomic mass is 32.1. The Morgan fingerprint density at radius 3 is 2.58 bits per heavy atom. The normalized spacial score (nSPS) is 10.7. The molecule has 1 N–H and O–H groups in total. The molecule has 0 aliphatic heterocycles. The maximum absolute atomic E-state index is 12.2. The molecule has 0 saturated heterocycles. The van der Waals surface area contributed by atoms with E-state index in [-0.39, 0.29) is 12.3 Å². The van der Waals surface area contributed by atoms with Crippen LogP contribution in [-0.2, 0) is 6.54 Å². The van der Waals surface area contributed by atoms with E-state index >= 15 is 0 Å². The second kappa shape index (κ2) is 4.97. The van der Waals surface area contributed by atoms with E-state index < -0.39 is 11.2 Å². The van der Waals surface area contributed by atoms with Crippen LogP contribution in [0.3, 0.4) is 0 Å². The number of rotatable bonds is 3. The first kappa shape index (κ1) is 13.5. The molecular weight excluding hydrogens is 264 g/mol. The minimum atomic E-state index is -0.562. The summed E-state index contributed by atoms with van der Waals surface area (Å²) in [7, 11) is 0. The molecule has 0 atom stereocenters. The summed E-state index contributed by atoms with van der Waals surface area (Å²) in [4.78, 5) is 39.2. The Bertz CT molecular complexity index is 752. The molecule has 0 saturated carbocycles. The number of nitrogens with zero attached hydrogens (tertiary/aromatic N) is 1. The monoisotopic (exact) mass is 278 g/mol. The molecule has 2 aromatic rings. The van der Waals surface area contributed by atoms with Crippen LogP contribution in [0.15, 0.2) is 21.9 Å². The third-order valence-corrected chi connectivity index (χ3v) is 3.81. The van der Waals surface area contributed by atoms with E-state index in [4.69, 9.17) is 0 Å². The van der Waals surface area contributed by atoms with Crippen LogP contribution in [0.5, 0.6) is 0 Å². The van der Waals surface area contributed by atoms with Crippen LogP contribution < -0.4 is 11.2 Å². The fourth-order valence-corrected chi connectivity index (χ4v) is 2.83. The first-order valence-electron chi connectivity index (χ1n) is 5.79. The molecule has 2 aromatic heterocycles. The quantitative estimate of drug-likeness (QED) is 0.863. The van der Waals surface area contributed by atoms with Crippen molar-refractivity contribution in [1.82, 2.24) is 9.55 Å². The summed E-state index contributed by atoms with van der Waals surface area (Å²) in [5.74, 6) is -0.129. The van der Waals surface area contributed by atoms with Gasteiger partial charge in [-0.1, -0.05) is 0 Å². The van der Waals surface area contributed by atoms with Crippen molar-refractivity contribution in [3.05, 3.63) is 54.0 Å². The van der Waals surface area contributed by atoms with Crippen LogP contribution in [0, 0.1) is 20.8 Å². The zero-order valence-corrected chi connectivity index (χ0v) is 11.8. The second-order valence-corrected chi connectivity index (χ2v) is 5.91. The van der Waals surface area contributed by atoms with Crippen LogP contribution in [0.4, 0.5) is 0 Å². The van der Waals surface area contributed by atoms with Crippen LogP contribution in [0.1, 0.15) is 25.7 Å². The molecule has 0 amide bonds. The molecule has 0 unspecified atom stereocenters. The van der Waals surface area contributed by atoms with E-state index in [9.17, 15) is 14.4 Å². The lowest BCUT2D eigenvalue weighted by molar-refractivity contribution is 0.0970. The molecule has 100 valence electrons. The SMILES string of the molecule is Cc1cc(C(=O)Cn2cc(C)c(=O)[nH]c2=O)c(C)s1. The Kier molecular flexibility index (Phi) is 3.53. The third-order valence-electron chi connectivity index (χ3n) is 2.84. The number of aryl methyl sites for hydroxylation is 3. The number of H-pyrrole nitrogens is 1. The lowest BCUT2D eigenvalue weighted by Crippen LogP contribution is -2.32. The lowest BCUT2D eigenvalue weighted by Gasteiger charge is -2.04. The van der Waals surface area contributed by atoms with Crippen molar-refractivity contribution < 1.29 is 4.79 Å². The summed E-state index contributed by atoms with van der Waals surface area (Å²) in [6, 6.07) is 1.83. The highest BCUT2D eigenvalue weighted by Gasteiger charge is 2.13. The topological polar surface area (TPSA) is 71.9 Å². The van der Waals surface area contributed by atoms with Gasteiger partial charge >= 0.3 is 5.69 Å². The standard InChI is InChI=1S/C13H14N2O3S/c1-7-5-15(13(18)14-12(7)17)6-11(16)10-4-8(2)19-9(10)3/h4-5H,6H2,1-3H3,(H,14,17,18). The first-order valence-corrected chi connectivity index (χ1v) is 6.60. The molecule has 0 radical (unpaired) electrons. The van der Waals surface area contributed by atoms with Gasteiger partial charge in [0.1, 0.15) is 0 Å². The maximum atomic E-state index is 12.2. The number of ketones is 1. The molecule has 6 heteroatoms. The highest BCUT2D eigenvalue weighted by molar-refractivity contribution is 7.12. The van der Waals surface area contributed by atoms with Gasteiger partial charge in [0, 0.05) is 27.1 Å². The molecule has 5 nitrogen and oxygen atoms in total. The summed E-state index contributed by atoms with van der Waals surface area (Å²) in [5, 5.41) is 0. The van der Waals surface area contributed by atoms with E-state index in [1.54, 1.807) is 18.3 Å². The number of Topliss-reactive ketones (excluding diaryl/α,β-unsaturated/α-hetero) is 1. The average Bonchev–Trinajstić information content (AvgIpc) is 2.65. The van der Waals surface area contributed by atoms with Crippen LogP contribution >= 0.6 is 11.3 Å². The summed E-state index contributed by atoms with van der Waals surface area (Å²) in [6.07, 6.45) is 1.41. The number of thiophene rings is 1. The van der Waals surface area contributed by atoms with Crippen LogP contribution in [-0.4, -0.2) is 15.3 Å².